The molecule has 0 aliphatic carbocycles. The number of carboxylic acids is 1. The third kappa shape index (κ3) is 3.49. The van der Waals surface area contributed by atoms with E-state index in [2.05, 4.69) is 15.0 Å². The monoisotopic (exact) mass is 473 g/mol. The summed E-state index contributed by atoms with van der Waals surface area (Å²) in [7, 11) is 0. The molecule has 5 aromatic rings. The van der Waals surface area contributed by atoms with Crippen LogP contribution in [0.1, 0.15) is 35.8 Å². The summed E-state index contributed by atoms with van der Waals surface area (Å²) >= 11 is 0. The third-order valence-electron chi connectivity index (χ3n) is 6.55. The molecule has 0 spiro atoms. The van der Waals surface area contributed by atoms with Crippen molar-refractivity contribution >= 4 is 27.8 Å². The lowest BCUT2D eigenvalue weighted by Gasteiger charge is -2.27. The molecule has 0 bridgehead atoms. The summed E-state index contributed by atoms with van der Waals surface area (Å²) < 4.78 is 25.9. The molecular formula is C27H24FN3O4. The van der Waals surface area contributed by atoms with Crippen LogP contribution < -0.4 is 4.74 Å². The van der Waals surface area contributed by atoms with Gasteiger partial charge in [0.1, 0.15) is 23.4 Å². The Kier molecular flexibility index (Phi) is 4.93. The number of rotatable bonds is 6. The molecule has 8 heteroatoms. The van der Waals surface area contributed by atoms with E-state index in [1.165, 1.54) is 12.1 Å². The predicted octanol–water partition coefficient (Wildman–Crippen LogP) is 6.05. The molecule has 0 radical (unpaired) electrons. The van der Waals surface area contributed by atoms with E-state index in [1.54, 1.807) is 6.20 Å². The molecule has 35 heavy (non-hydrogen) atoms. The lowest BCUT2D eigenvalue weighted by atomic mass is 9.89. The van der Waals surface area contributed by atoms with E-state index in [0.29, 0.717) is 41.3 Å². The summed E-state index contributed by atoms with van der Waals surface area (Å²) in [4.78, 5) is 21.9. The summed E-state index contributed by atoms with van der Waals surface area (Å²) in [5, 5.41) is 11.9. The highest BCUT2D eigenvalue weighted by atomic mass is 19.1. The number of carbonyl (C=O) groups is 1. The zero-order valence-electron chi connectivity index (χ0n) is 19.2. The Labute approximate surface area is 199 Å². The number of hydrogen-bond donors (Lipinski definition) is 4. The van der Waals surface area contributed by atoms with E-state index >= 15 is 0 Å². The minimum absolute atomic E-state index is 0.0327. The molecule has 4 N–H and O–H groups in total. The van der Waals surface area contributed by atoms with Crippen molar-refractivity contribution in [2.24, 2.45) is 0 Å². The number of halogens is 1. The largest absolute Gasteiger partial charge is 0.486 e. The number of aromatic carboxylic acids is 1. The Bertz CT molecular complexity index is 1590. The average Bonchev–Trinajstić information content (AvgIpc) is 3.52. The zero-order valence-corrected chi connectivity index (χ0v) is 19.2. The fraction of sp³-hybridized carbons (Fsp3) is 0.222. The van der Waals surface area contributed by atoms with Crippen LogP contribution in [0.25, 0.3) is 44.2 Å². The smallest absolute Gasteiger partial charge is 0.352 e. The second-order valence-corrected chi connectivity index (χ2v) is 9.20. The molecule has 178 valence electrons. The number of nitrogens with one attached hydrogen (secondary N) is 3. The van der Waals surface area contributed by atoms with Crippen molar-refractivity contribution in [3.8, 4) is 28.1 Å². The zero-order chi connectivity index (χ0) is 24.3. The molecule has 1 aliphatic rings. The molecule has 0 atom stereocenters. The van der Waals surface area contributed by atoms with Gasteiger partial charge in [-0.2, -0.15) is 0 Å². The van der Waals surface area contributed by atoms with Gasteiger partial charge in [0.2, 0.25) is 0 Å². The average molecular weight is 474 g/mol. The van der Waals surface area contributed by atoms with E-state index < -0.39 is 11.8 Å². The summed E-state index contributed by atoms with van der Waals surface area (Å²) in [6, 6.07) is 10.5. The highest BCUT2D eigenvalue weighted by Gasteiger charge is 2.29. The van der Waals surface area contributed by atoms with Crippen LogP contribution in [0.15, 0.2) is 48.8 Å². The van der Waals surface area contributed by atoms with Gasteiger partial charge in [-0.1, -0.05) is 13.8 Å². The summed E-state index contributed by atoms with van der Waals surface area (Å²) in [5.41, 5.74) is 4.88. The van der Waals surface area contributed by atoms with Crippen molar-refractivity contribution < 1.29 is 23.8 Å². The van der Waals surface area contributed by atoms with Gasteiger partial charge in [-0.3, -0.25) is 0 Å². The summed E-state index contributed by atoms with van der Waals surface area (Å²) in [6.45, 7) is 5.07. The molecule has 0 saturated carbocycles. The molecule has 3 aromatic heterocycles. The number of carboxylic acid groups (broad SMARTS) is 1. The van der Waals surface area contributed by atoms with Gasteiger partial charge >= 0.3 is 5.97 Å². The molecule has 1 aliphatic heterocycles. The molecule has 7 nitrogen and oxygen atoms in total. The fourth-order valence-electron chi connectivity index (χ4n) is 4.97. The predicted molar refractivity (Wildman–Crippen MR) is 132 cm³/mol. The van der Waals surface area contributed by atoms with Crippen LogP contribution in [0.5, 0.6) is 5.75 Å². The quantitative estimate of drug-likeness (QED) is 0.241. The maximum Gasteiger partial charge on any atom is 0.352 e. The maximum absolute atomic E-state index is 14.6. The van der Waals surface area contributed by atoms with E-state index in [-0.39, 0.29) is 17.7 Å². The standard InChI is InChI=1S/C27H24FN3O4/c1-13(2)23-24(19-9-15(35-16-11-34-12-16)10-22-17(19)3-5-30-22)26(27(32)33)31-25(23)20-7-14(28)8-21-18(20)4-6-29-21/h3-10,13,16,29-31H,11-12H2,1-2H3,(H,32,33). The van der Waals surface area contributed by atoms with Crippen molar-refractivity contribution in [2.75, 3.05) is 13.2 Å². The maximum atomic E-state index is 14.6. The van der Waals surface area contributed by atoms with Gasteiger partial charge in [0.05, 0.1) is 18.9 Å². The van der Waals surface area contributed by atoms with Crippen LogP contribution in [0.4, 0.5) is 4.39 Å². The van der Waals surface area contributed by atoms with Gasteiger partial charge in [-0.15, -0.1) is 0 Å². The van der Waals surface area contributed by atoms with Gasteiger partial charge in [0.15, 0.2) is 0 Å². The number of benzene rings is 2. The number of fused-ring (bicyclic) bond motifs is 2. The van der Waals surface area contributed by atoms with E-state index in [0.717, 1.165) is 27.4 Å². The fourth-order valence-corrected chi connectivity index (χ4v) is 4.97. The Morgan fingerprint density at radius 3 is 2.37 bits per heavy atom. The van der Waals surface area contributed by atoms with Crippen molar-refractivity contribution in [1.29, 1.82) is 0 Å². The number of hydrogen-bond acceptors (Lipinski definition) is 3. The first-order valence-electron chi connectivity index (χ1n) is 11.5. The molecule has 1 fully saturated rings. The van der Waals surface area contributed by atoms with Crippen molar-refractivity contribution in [2.45, 2.75) is 25.9 Å². The number of aromatic amines is 3. The summed E-state index contributed by atoms with van der Waals surface area (Å²) in [5.74, 6) is -0.905. The van der Waals surface area contributed by atoms with Crippen molar-refractivity contribution in [1.82, 2.24) is 15.0 Å². The Balaban J connectivity index is 1.65. The Morgan fingerprint density at radius 2 is 1.74 bits per heavy atom. The van der Waals surface area contributed by atoms with Crippen LogP contribution in [0, 0.1) is 5.82 Å². The van der Waals surface area contributed by atoms with Gasteiger partial charge < -0.3 is 29.5 Å². The molecule has 0 amide bonds. The Morgan fingerprint density at radius 1 is 1.06 bits per heavy atom. The second-order valence-electron chi connectivity index (χ2n) is 9.20. The number of H-pyrrole nitrogens is 3. The minimum Gasteiger partial charge on any atom is -0.486 e. The van der Waals surface area contributed by atoms with Crippen LogP contribution in [-0.4, -0.2) is 45.3 Å². The highest BCUT2D eigenvalue weighted by molar-refractivity contribution is 6.07. The molecule has 4 heterocycles. The van der Waals surface area contributed by atoms with Crippen LogP contribution in [0.2, 0.25) is 0 Å². The van der Waals surface area contributed by atoms with Gasteiger partial charge in [-0.25, -0.2) is 9.18 Å². The lowest BCUT2D eigenvalue weighted by Crippen LogP contribution is -2.38. The number of aromatic nitrogens is 3. The first-order chi connectivity index (χ1) is 16.9. The van der Waals surface area contributed by atoms with E-state index in [4.69, 9.17) is 9.47 Å². The van der Waals surface area contributed by atoms with E-state index in [1.807, 2.05) is 44.3 Å². The molecule has 1 saturated heterocycles. The molecule has 2 aromatic carbocycles. The first-order valence-corrected chi connectivity index (χ1v) is 11.5. The SMILES string of the molecule is CC(C)c1c(-c2cc(F)cc3[nH]ccc23)[nH]c(C(=O)O)c1-c1cc(OC2COC2)cc2[nH]ccc12. The lowest BCUT2D eigenvalue weighted by molar-refractivity contribution is -0.0796. The number of ether oxygens (including phenoxy) is 2. The molecule has 0 unspecified atom stereocenters. The van der Waals surface area contributed by atoms with Crippen molar-refractivity contribution in [3.05, 3.63) is 65.9 Å². The summed E-state index contributed by atoms with van der Waals surface area (Å²) in [6.07, 6.45) is 3.54. The minimum atomic E-state index is -1.09. The first kappa shape index (κ1) is 21.5. The molecule has 6 rings (SSSR count). The van der Waals surface area contributed by atoms with E-state index in [9.17, 15) is 14.3 Å². The van der Waals surface area contributed by atoms with Gasteiger partial charge in [0, 0.05) is 51.4 Å². The van der Waals surface area contributed by atoms with Gasteiger partial charge in [0.25, 0.3) is 0 Å². The third-order valence-corrected chi connectivity index (χ3v) is 6.55. The van der Waals surface area contributed by atoms with Crippen LogP contribution >= 0.6 is 0 Å². The normalized spacial score (nSPS) is 14.2. The van der Waals surface area contributed by atoms with Gasteiger partial charge in [-0.05, 0) is 47.4 Å². The second kappa shape index (κ2) is 8.02. The topological polar surface area (TPSA) is 103 Å². The molecular weight excluding hydrogens is 449 g/mol. The van der Waals surface area contributed by atoms with Crippen LogP contribution in [0.3, 0.4) is 0 Å². The Hall–Kier alpha value is -4.04. The van der Waals surface area contributed by atoms with Crippen LogP contribution in [-0.2, 0) is 4.74 Å². The highest BCUT2D eigenvalue weighted by Crippen LogP contribution is 2.45. The van der Waals surface area contributed by atoms with Crippen molar-refractivity contribution in [3.63, 3.8) is 0 Å².